The lowest BCUT2D eigenvalue weighted by atomic mass is 9.94. The molecule has 7 nitrogen and oxygen atoms in total. The van der Waals surface area contributed by atoms with Gasteiger partial charge in [0.2, 0.25) is 21.8 Å². The highest BCUT2D eigenvalue weighted by Crippen LogP contribution is 2.23. The van der Waals surface area contributed by atoms with Crippen LogP contribution in [0.4, 0.5) is 5.69 Å². The molecule has 43 heavy (non-hydrogen) atoms. The molecule has 0 heterocycles. The molecule has 0 unspecified atom stereocenters. The number of nitrogens with zero attached hydrogens (tertiary/aromatic N) is 2. The standard InChI is InChI=1S/C33H39BrClN3O4S/c1-43(41,42)38(30-20-18-28(35)19-21-30)22-8-13-32(39)37(24-26-14-16-27(34)17-15-26)31(23-25-9-4-2-5-10-25)33(40)36-29-11-6-3-7-12-29/h2,4-5,9-10,14-21,29,31H,3,6-8,11-13,22-24H2,1H3,(H,36,40)/t31-/m0/s1. The molecule has 0 saturated heterocycles. The van der Waals surface area contributed by atoms with Gasteiger partial charge in [-0.2, -0.15) is 0 Å². The van der Waals surface area contributed by atoms with Crippen molar-refractivity contribution in [1.82, 2.24) is 10.2 Å². The van der Waals surface area contributed by atoms with Crippen molar-refractivity contribution in [3.05, 3.63) is 99.5 Å². The van der Waals surface area contributed by atoms with E-state index in [0.717, 1.165) is 47.5 Å². The summed E-state index contributed by atoms with van der Waals surface area (Å²) in [5.41, 5.74) is 2.35. The van der Waals surface area contributed by atoms with E-state index in [1.807, 2.05) is 54.6 Å². The average molecular weight is 689 g/mol. The summed E-state index contributed by atoms with van der Waals surface area (Å²) in [6.07, 6.45) is 7.12. The first-order chi connectivity index (χ1) is 20.6. The van der Waals surface area contributed by atoms with Crippen molar-refractivity contribution in [3.8, 4) is 0 Å². The van der Waals surface area contributed by atoms with E-state index in [0.29, 0.717) is 17.1 Å². The van der Waals surface area contributed by atoms with Crippen LogP contribution in [0.1, 0.15) is 56.1 Å². The zero-order valence-corrected chi connectivity index (χ0v) is 27.6. The fourth-order valence-electron chi connectivity index (χ4n) is 5.50. The minimum atomic E-state index is -3.59. The van der Waals surface area contributed by atoms with Gasteiger partial charge < -0.3 is 10.2 Å². The van der Waals surface area contributed by atoms with Crippen LogP contribution in [0.3, 0.4) is 0 Å². The van der Waals surface area contributed by atoms with Crippen LogP contribution >= 0.6 is 27.5 Å². The molecular weight excluding hydrogens is 650 g/mol. The molecule has 1 aliphatic rings. The van der Waals surface area contributed by atoms with Crippen LogP contribution in [0.2, 0.25) is 5.02 Å². The van der Waals surface area contributed by atoms with Gasteiger partial charge in [-0.25, -0.2) is 8.42 Å². The second-order valence-corrected chi connectivity index (χ2v) is 14.4. The number of nitrogens with one attached hydrogen (secondary N) is 1. The molecule has 4 rings (SSSR count). The summed E-state index contributed by atoms with van der Waals surface area (Å²) in [4.78, 5) is 29.6. The second-order valence-electron chi connectivity index (χ2n) is 11.1. The van der Waals surface area contributed by atoms with Crippen molar-refractivity contribution in [2.75, 3.05) is 17.1 Å². The molecule has 1 atom stereocenters. The van der Waals surface area contributed by atoms with Gasteiger partial charge in [0.15, 0.2) is 0 Å². The normalized spacial score (nSPS) is 14.6. The van der Waals surface area contributed by atoms with E-state index in [2.05, 4.69) is 21.2 Å². The fourth-order valence-corrected chi connectivity index (χ4v) is 6.85. The molecule has 230 valence electrons. The van der Waals surface area contributed by atoms with Crippen LogP contribution < -0.4 is 9.62 Å². The molecule has 1 N–H and O–H groups in total. The topological polar surface area (TPSA) is 86.8 Å². The Kier molecular flexibility index (Phi) is 12.1. The summed E-state index contributed by atoms with van der Waals surface area (Å²) in [5.74, 6) is -0.354. The smallest absolute Gasteiger partial charge is 0.243 e. The van der Waals surface area contributed by atoms with E-state index in [4.69, 9.17) is 11.6 Å². The first-order valence-corrected chi connectivity index (χ1v) is 17.7. The largest absolute Gasteiger partial charge is 0.352 e. The molecule has 10 heteroatoms. The van der Waals surface area contributed by atoms with E-state index in [-0.39, 0.29) is 43.8 Å². The van der Waals surface area contributed by atoms with Gasteiger partial charge in [0.1, 0.15) is 6.04 Å². The molecule has 1 fully saturated rings. The average Bonchev–Trinajstić information content (AvgIpc) is 2.99. The van der Waals surface area contributed by atoms with E-state index >= 15 is 0 Å². The number of sulfonamides is 1. The predicted octanol–water partition coefficient (Wildman–Crippen LogP) is 6.74. The predicted molar refractivity (Wildman–Crippen MR) is 177 cm³/mol. The van der Waals surface area contributed by atoms with Crippen LogP contribution in [-0.4, -0.2) is 50.0 Å². The SMILES string of the molecule is CS(=O)(=O)N(CCCC(=O)N(Cc1ccc(Br)cc1)[C@@H](Cc1ccccc1)C(=O)NC1CCCCC1)c1ccc(Cl)cc1. The number of anilines is 1. The minimum Gasteiger partial charge on any atom is -0.352 e. The molecule has 2 amide bonds. The third kappa shape index (κ3) is 10.1. The van der Waals surface area contributed by atoms with E-state index in [9.17, 15) is 18.0 Å². The summed E-state index contributed by atoms with van der Waals surface area (Å²) >= 11 is 9.48. The van der Waals surface area contributed by atoms with Crippen molar-refractivity contribution in [3.63, 3.8) is 0 Å². The monoisotopic (exact) mass is 687 g/mol. The summed E-state index contributed by atoms with van der Waals surface area (Å²) in [6.45, 7) is 0.380. The number of benzene rings is 3. The molecule has 1 saturated carbocycles. The molecule has 1 aliphatic carbocycles. The number of carbonyl (C=O) groups excluding carboxylic acids is 2. The van der Waals surface area contributed by atoms with Gasteiger partial charge in [-0.1, -0.05) is 89.3 Å². The molecular formula is C33H39BrClN3O4S. The number of halogens is 2. The van der Waals surface area contributed by atoms with Crippen molar-refractivity contribution < 1.29 is 18.0 Å². The molecule has 0 bridgehead atoms. The van der Waals surface area contributed by atoms with Crippen LogP contribution in [-0.2, 0) is 32.6 Å². The molecule has 0 spiro atoms. The Balaban J connectivity index is 1.58. The van der Waals surface area contributed by atoms with Crippen LogP contribution in [0.15, 0.2) is 83.3 Å². The maximum absolute atomic E-state index is 14.0. The summed E-state index contributed by atoms with van der Waals surface area (Å²) < 4.78 is 27.5. The summed E-state index contributed by atoms with van der Waals surface area (Å²) in [7, 11) is -3.59. The Morgan fingerprint density at radius 2 is 1.58 bits per heavy atom. The first-order valence-electron chi connectivity index (χ1n) is 14.7. The lowest BCUT2D eigenvalue weighted by Crippen LogP contribution is -2.52. The Morgan fingerprint density at radius 1 is 0.930 bits per heavy atom. The number of hydrogen-bond acceptors (Lipinski definition) is 4. The Bertz CT molecular complexity index is 1450. The Hall–Kier alpha value is -2.88. The van der Waals surface area contributed by atoms with Gasteiger partial charge in [0.25, 0.3) is 0 Å². The van der Waals surface area contributed by atoms with E-state index in [1.54, 1.807) is 29.2 Å². The lowest BCUT2D eigenvalue weighted by Gasteiger charge is -2.34. The van der Waals surface area contributed by atoms with Crippen LogP contribution in [0.25, 0.3) is 0 Å². The minimum absolute atomic E-state index is 0.0815. The van der Waals surface area contributed by atoms with Gasteiger partial charge >= 0.3 is 0 Å². The Labute approximate surface area is 268 Å². The van der Waals surface area contributed by atoms with Crippen LogP contribution in [0, 0.1) is 0 Å². The van der Waals surface area contributed by atoms with Gasteiger partial charge in [-0.05, 0) is 66.8 Å². The zero-order chi connectivity index (χ0) is 30.8. The highest BCUT2D eigenvalue weighted by molar-refractivity contribution is 9.10. The van der Waals surface area contributed by atoms with Crippen molar-refractivity contribution in [1.29, 1.82) is 0 Å². The molecule has 0 aliphatic heterocycles. The lowest BCUT2D eigenvalue weighted by molar-refractivity contribution is -0.141. The summed E-state index contributed by atoms with van der Waals surface area (Å²) in [5, 5.41) is 3.76. The zero-order valence-electron chi connectivity index (χ0n) is 24.4. The summed E-state index contributed by atoms with van der Waals surface area (Å²) in [6, 6.07) is 23.4. The van der Waals surface area contributed by atoms with E-state index < -0.39 is 16.1 Å². The molecule has 3 aromatic rings. The van der Waals surface area contributed by atoms with Crippen molar-refractivity contribution >= 4 is 55.1 Å². The van der Waals surface area contributed by atoms with Gasteiger partial charge in [0.05, 0.1) is 11.9 Å². The van der Waals surface area contributed by atoms with Crippen molar-refractivity contribution in [2.24, 2.45) is 0 Å². The maximum atomic E-state index is 14.0. The molecule has 0 radical (unpaired) electrons. The highest BCUT2D eigenvalue weighted by atomic mass is 79.9. The number of amides is 2. The number of carbonyl (C=O) groups is 2. The first kappa shape index (κ1) is 33.0. The Morgan fingerprint density at radius 3 is 2.21 bits per heavy atom. The number of hydrogen-bond donors (Lipinski definition) is 1. The van der Waals surface area contributed by atoms with E-state index in [1.165, 1.54) is 10.7 Å². The van der Waals surface area contributed by atoms with Crippen molar-refractivity contribution in [2.45, 2.75) is 70.0 Å². The van der Waals surface area contributed by atoms with Gasteiger partial charge in [0, 0.05) is 41.5 Å². The van der Waals surface area contributed by atoms with Gasteiger partial charge in [-0.3, -0.25) is 13.9 Å². The quantitative estimate of drug-likeness (QED) is 0.216. The maximum Gasteiger partial charge on any atom is 0.243 e. The third-order valence-electron chi connectivity index (χ3n) is 7.76. The second kappa shape index (κ2) is 15.7. The van der Waals surface area contributed by atoms with Gasteiger partial charge in [-0.15, -0.1) is 0 Å². The third-order valence-corrected chi connectivity index (χ3v) is 9.73. The number of rotatable bonds is 13. The molecule has 0 aromatic heterocycles. The molecule has 3 aromatic carbocycles. The highest BCUT2D eigenvalue weighted by Gasteiger charge is 2.32. The van der Waals surface area contributed by atoms with Crippen LogP contribution in [0.5, 0.6) is 0 Å². The fraction of sp³-hybridized carbons (Fsp3) is 0.394.